The van der Waals surface area contributed by atoms with Crippen molar-refractivity contribution in [3.8, 4) is 0 Å². The van der Waals surface area contributed by atoms with Crippen molar-refractivity contribution < 1.29 is 4.79 Å². The van der Waals surface area contributed by atoms with Crippen LogP contribution < -0.4 is 5.32 Å². The molecule has 0 bridgehead atoms. The van der Waals surface area contributed by atoms with Crippen LogP contribution in [0.3, 0.4) is 0 Å². The van der Waals surface area contributed by atoms with E-state index in [9.17, 15) is 4.79 Å². The molecule has 0 aliphatic rings. The summed E-state index contributed by atoms with van der Waals surface area (Å²) < 4.78 is 0. The van der Waals surface area contributed by atoms with Crippen molar-refractivity contribution in [3.05, 3.63) is 12.8 Å². The van der Waals surface area contributed by atoms with Crippen LogP contribution in [-0.2, 0) is 4.79 Å². The highest BCUT2D eigenvalue weighted by Crippen LogP contribution is 1.87. The van der Waals surface area contributed by atoms with Crippen molar-refractivity contribution in [1.29, 1.82) is 5.41 Å². The lowest BCUT2D eigenvalue weighted by Crippen LogP contribution is -2.33. The average molecular weight is 188 g/mol. The highest BCUT2D eigenvalue weighted by Gasteiger charge is 2.06. The molecule has 4 nitrogen and oxygen atoms in total. The summed E-state index contributed by atoms with van der Waals surface area (Å²) in [5.41, 5.74) is 0. The summed E-state index contributed by atoms with van der Waals surface area (Å²) in [7, 11) is 0. The van der Waals surface area contributed by atoms with E-state index < -0.39 is 0 Å². The van der Waals surface area contributed by atoms with Crippen molar-refractivity contribution in [2.24, 2.45) is 4.99 Å². The lowest BCUT2D eigenvalue weighted by Gasteiger charge is -2.02. The topological polar surface area (TPSA) is 65.3 Å². The fourth-order valence-electron chi connectivity index (χ4n) is 0.456. The molecule has 0 aliphatic carbocycles. The van der Waals surface area contributed by atoms with Crippen LogP contribution in [0.1, 0.15) is 13.3 Å². The smallest absolute Gasteiger partial charge is 0.225 e. The summed E-state index contributed by atoms with van der Waals surface area (Å²) >= 11 is 5.31. The Balaban J connectivity index is 4.34. The van der Waals surface area contributed by atoms with Crippen LogP contribution in [0, 0.1) is 5.41 Å². The van der Waals surface area contributed by atoms with Crippen molar-refractivity contribution in [2.45, 2.75) is 13.3 Å². The summed E-state index contributed by atoms with van der Waals surface area (Å²) in [5.74, 6) is -0.209. The number of hydrogen-bond acceptors (Lipinski definition) is 3. The Hall–Kier alpha value is -1.16. The minimum atomic E-state index is -0.309. The number of aliphatic imine (C=N–C) groups is 1. The van der Waals surface area contributed by atoms with Gasteiger partial charge in [0.25, 0.3) is 0 Å². The molecule has 0 heterocycles. The molecule has 0 aromatic rings. The molecule has 0 unspecified atom stereocenters. The summed E-state index contributed by atoms with van der Waals surface area (Å²) in [6.45, 7) is 5.02. The molecule has 0 atom stereocenters. The zero-order chi connectivity index (χ0) is 9.56. The first-order valence-corrected chi connectivity index (χ1v) is 3.72. The molecule has 0 aromatic carbocycles. The van der Waals surface area contributed by atoms with Gasteiger partial charge in [-0.2, -0.15) is 0 Å². The standard InChI is InChI=1S/C7H10ClN3O/c1-3-5(12)11-7(6(8)9)10-4-2/h4,9H,2-3H2,1H3,(H,10,11,12). The maximum absolute atomic E-state index is 10.8. The number of amides is 1. The summed E-state index contributed by atoms with van der Waals surface area (Å²) in [6.07, 6.45) is 1.53. The van der Waals surface area contributed by atoms with E-state index in [1.807, 2.05) is 0 Å². The maximum Gasteiger partial charge on any atom is 0.225 e. The van der Waals surface area contributed by atoms with Gasteiger partial charge in [0.1, 0.15) is 0 Å². The Bertz CT molecular complexity index is 235. The molecule has 12 heavy (non-hydrogen) atoms. The fraction of sp³-hybridized carbons (Fsp3) is 0.286. The molecule has 1 amide bonds. The molecule has 0 fully saturated rings. The molecule has 0 aromatic heterocycles. The minimum Gasteiger partial charge on any atom is -0.308 e. The normalized spacial score (nSPS) is 10.7. The van der Waals surface area contributed by atoms with Crippen molar-refractivity contribution in [3.63, 3.8) is 0 Å². The van der Waals surface area contributed by atoms with E-state index in [0.29, 0.717) is 6.42 Å². The Kier molecular flexibility index (Phi) is 4.96. The van der Waals surface area contributed by atoms with Gasteiger partial charge in [-0.15, -0.1) is 0 Å². The van der Waals surface area contributed by atoms with Gasteiger partial charge in [0.2, 0.25) is 5.91 Å². The van der Waals surface area contributed by atoms with Gasteiger partial charge in [0.05, 0.1) is 0 Å². The summed E-state index contributed by atoms with van der Waals surface area (Å²) in [4.78, 5) is 14.4. The van der Waals surface area contributed by atoms with Gasteiger partial charge in [0, 0.05) is 12.6 Å². The fourth-order valence-corrected chi connectivity index (χ4v) is 0.552. The van der Waals surface area contributed by atoms with Crippen LogP contribution in [0.4, 0.5) is 0 Å². The Morgan fingerprint density at radius 3 is 2.75 bits per heavy atom. The lowest BCUT2D eigenvalue weighted by atomic mass is 10.4. The van der Waals surface area contributed by atoms with Crippen LogP contribution in [0.5, 0.6) is 0 Å². The zero-order valence-electron chi connectivity index (χ0n) is 6.72. The third-order valence-corrected chi connectivity index (χ3v) is 1.19. The first-order chi connectivity index (χ1) is 5.61. The van der Waals surface area contributed by atoms with Gasteiger partial charge < -0.3 is 5.32 Å². The van der Waals surface area contributed by atoms with Crippen LogP contribution in [0.2, 0.25) is 0 Å². The predicted molar refractivity (Wildman–Crippen MR) is 49.6 cm³/mol. The van der Waals surface area contributed by atoms with Crippen molar-refractivity contribution in [1.82, 2.24) is 5.32 Å². The van der Waals surface area contributed by atoms with Crippen molar-refractivity contribution >= 4 is 28.5 Å². The number of carbonyl (C=O) groups is 1. The zero-order valence-corrected chi connectivity index (χ0v) is 7.48. The number of carbonyl (C=O) groups excluding carboxylic acids is 1. The molecular weight excluding hydrogens is 178 g/mol. The molecule has 5 heteroatoms. The highest BCUT2D eigenvalue weighted by atomic mass is 35.5. The largest absolute Gasteiger partial charge is 0.308 e. The van der Waals surface area contributed by atoms with Crippen LogP contribution >= 0.6 is 11.6 Å². The molecular formula is C7H10ClN3O. The maximum atomic E-state index is 10.8. The van der Waals surface area contributed by atoms with E-state index in [-0.39, 0.29) is 16.9 Å². The molecule has 0 saturated carbocycles. The van der Waals surface area contributed by atoms with Crippen LogP contribution in [0.15, 0.2) is 17.8 Å². The number of hydrogen-bond donors (Lipinski definition) is 2. The van der Waals surface area contributed by atoms with Crippen LogP contribution in [0.25, 0.3) is 0 Å². The second-order valence-corrected chi connectivity index (χ2v) is 2.25. The monoisotopic (exact) mass is 187 g/mol. The number of halogens is 1. The lowest BCUT2D eigenvalue weighted by molar-refractivity contribution is -0.119. The highest BCUT2D eigenvalue weighted by molar-refractivity contribution is 6.83. The number of nitrogens with zero attached hydrogens (tertiary/aromatic N) is 1. The Morgan fingerprint density at radius 1 is 1.83 bits per heavy atom. The number of rotatable bonds is 3. The van der Waals surface area contributed by atoms with Gasteiger partial charge in [-0.05, 0) is 0 Å². The average Bonchev–Trinajstić information content (AvgIpc) is 2.03. The van der Waals surface area contributed by atoms with E-state index in [0.717, 1.165) is 0 Å². The molecule has 0 radical (unpaired) electrons. The van der Waals surface area contributed by atoms with Crippen molar-refractivity contribution in [2.75, 3.05) is 0 Å². The van der Waals surface area contributed by atoms with E-state index in [1.54, 1.807) is 6.92 Å². The molecule has 66 valence electrons. The molecule has 0 saturated heterocycles. The molecule has 0 rings (SSSR count). The van der Waals surface area contributed by atoms with E-state index >= 15 is 0 Å². The number of nitrogens with one attached hydrogen (secondary N) is 2. The molecule has 0 aliphatic heterocycles. The first-order valence-electron chi connectivity index (χ1n) is 3.34. The Labute approximate surface area is 75.8 Å². The van der Waals surface area contributed by atoms with Gasteiger partial charge in [-0.25, -0.2) is 4.99 Å². The molecule has 2 N–H and O–H groups in total. The number of amidine groups is 1. The third-order valence-electron chi connectivity index (χ3n) is 1.01. The van der Waals surface area contributed by atoms with E-state index in [2.05, 4.69) is 16.9 Å². The second-order valence-electron chi connectivity index (χ2n) is 1.88. The summed E-state index contributed by atoms with van der Waals surface area (Å²) in [5, 5.41) is 9.04. The third kappa shape index (κ3) is 3.88. The minimum absolute atomic E-state index is 0.0264. The van der Waals surface area contributed by atoms with Gasteiger partial charge in [-0.1, -0.05) is 25.1 Å². The van der Waals surface area contributed by atoms with Crippen LogP contribution in [-0.4, -0.2) is 16.9 Å². The molecule has 0 spiro atoms. The quantitative estimate of drug-likeness (QED) is 0.507. The SMILES string of the molecule is C=CN=C(NC(=O)CC)C(=N)Cl. The Morgan fingerprint density at radius 2 is 2.42 bits per heavy atom. The van der Waals surface area contributed by atoms with E-state index in [4.69, 9.17) is 17.0 Å². The summed E-state index contributed by atoms with van der Waals surface area (Å²) in [6, 6.07) is 0. The predicted octanol–water partition coefficient (Wildman–Crippen LogP) is 1.27. The van der Waals surface area contributed by atoms with Gasteiger partial charge in [0.15, 0.2) is 11.0 Å². The van der Waals surface area contributed by atoms with Gasteiger partial charge in [-0.3, -0.25) is 10.2 Å². The van der Waals surface area contributed by atoms with E-state index in [1.165, 1.54) is 6.20 Å². The second kappa shape index (κ2) is 5.49. The van der Waals surface area contributed by atoms with Gasteiger partial charge >= 0.3 is 0 Å². The first kappa shape index (κ1) is 10.8.